The van der Waals surface area contributed by atoms with Gasteiger partial charge in [0.2, 0.25) is 0 Å². The molecule has 0 spiro atoms. The number of nitrogens with zero attached hydrogens (tertiary/aromatic N) is 2. The third-order valence-corrected chi connectivity index (χ3v) is 6.55. The summed E-state index contributed by atoms with van der Waals surface area (Å²) in [5.41, 5.74) is 2.93. The average molecular weight is 482 g/mol. The van der Waals surface area contributed by atoms with Gasteiger partial charge in [0, 0.05) is 5.56 Å². The largest absolute Gasteiger partial charge is 0.392 e. The summed E-state index contributed by atoms with van der Waals surface area (Å²) in [4.78, 5) is 44.3. The predicted octanol–water partition coefficient (Wildman–Crippen LogP) is 3.38. The minimum Gasteiger partial charge on any atom is -0.392 e. The number of fused-ring (bicyclic) bond motifs is 4. The number of aromatic amines is 2. The number of benzene rings is 3. The van der Waals surface area contributed by atoms with Gasteiger partial charge in [-0.1, -0.05) is 24.3 Å². The summed E-state index contributed by atoms with van der Waals surface area (Å²) in [6.07, 6.45) is 0. The van der Waals surface area contributed by atoms with Crippen LogP contribution in [0.3, 0.4) is 0 Å². The summed E-state index contributed by atoms with van der Waals surface area (Å²) in [6, 6.07) is 18.1. The Morgan fingerprint density at radius 1 is 0.917 bits per heavy atom. The minimum absolute atomic E-state index is 0.0600. The Morgan fingerprint density at radius 2 is 1.69 bits per heavy atom. The summed E-state index contributed by atoms with van der Waals surface area (Å²) in [7, 11) is 0. The van der Waals surface area contributed by atoms with Crippen molar-refractivity contribution in [2.75, 3.05) is 0 Å². The second kappa shape index (κ2) is 7.89. The van der Waals surface area contributed by atoms with Crippen LogP contribution in [0.25, 0.3) is 44.4 Å². The number of hydrogen-bond acceptors (Lipinski definition) is 4. The molecule has 3 aromatic heterocycles. The number of H-pyrrole nitrogens is 2. The molecule has 36 heavy (non-hydrogen) atoms. The van der Waals surface area contributed by atoms with Gasteiger partial charge in [-0.05, 0) is 60.5 Å². The zero-order valence-corrected chi connectivity index (χ0v) is 19.0. The monoisotopic (exact) mass is 482 g/mol. The second-order valence-corrected chi connectivity index (χ2v) is 8.59. The van der Waals surface area contributed by atoms with Crippen LogP contribution in [-0.2, 0) is 6.61 Å². The number of nitrogens with one attached hydrogen (secondary N) is 2. The fourth-order valence-electron chi connectivity index (χ4n) is 4.81. The van der Waals surface area contributed by atoms with Crippen LogP contribution in [0.1, 0.15) is 11.1 Å². The van der Waals surface area contributed by atoms with Gasteiger partial charge >= 0.3 is 5.69 Å². The van der Waals surface area contributed by atoms with Crippen molar-refractivity contribution in [3.8, 4) is 16.9 Å². The smallest absolute Gasteiger partial charge is 0.333 e. The zero-order valence-electron chi connectivity index (χ0n) is 19.0. The Morgan fingerprint density at radius 3 is 2.50 bits per heavy atom. The molecule has 6 aromatic rings. The summed E-state index contributed by atoms with van der Waals surface area (Å²) >= 11 is 0. The highest BCUT2D eigenvalue weighted by Gasteiger charge is 2.18. The highest BCUT2D eigenvalue weighted by molar-refractivity contribution is 5.84. The average Bonchev–Trinajstić information content (AvgIpc) is 3.31. The maximum Gasteiger partial charge on any atom is 0.333 e. The van der Waals surface area contributed by atoms with Crippen molar-refractivity contribution in [2.24, 2.45) is 0 Å². The van der Waals surface area contributed by atoms with E-state index in [-0.39, 0.29) is 23.1 Å². The number of halogens is 1. The van der Waals surface area contributed by atoms with Gasteiger partial charge in [0.05, 0.1) is 39.9 Å². The summed E-state index contributed by atoms with van der Waals surface area (Å²) in [5.74, 6) is -0.680. The molecule has 0 aliphatic carbocycles. The van der Waals surface area contributed by atoms with Crippen LogP contribution in [0.15, 0.2) is 81.1 Å². The quantitative estimate of drug-likeness (QED) is 0.359. The van der Waals surface area contributed by atoms with Crippen molar-refractivity contribution in [3.63, 3.8) is 0 Å². The Bertz CT molecular complexity index is 2030. The fourth-order valence-corrected chi connectivity index (χ4v) is 4.81. The Balaban J connectivity index is 1.65. The molecule has 0 aliphatic rings. The normalized spacial score (nSPS) is 11.6. The topological polar surface area (TPSA) is 112 Å². The molecular formula is C27H19FN4O4. The molecule has 0 amide bonds. The number of aliphatic hydroxyl groups excluding tert-OH is 1. The van der Waals surface area contributed by atoms with Gasteiger partial charge in [0.1, 0.15) is 11.3 Å². The first kappa shape index (κ1) is 21.8. The van der Waals surface area contributed by atoms with E-state index in [1.807, 2.05) is 16.5 Å². The molecule has 0 fully saturated rings. The molecule has 178 valence electrons. The Kier molecular flexibility index (Phi) is 4.77. The van der Waals surface area contributed by atoms with E-state index in [0.29, 0.717) is 39.1 Å². The molecule has 0 saturated carbocycles. The van der Waals surface area contributed by atoms with Crippen LogP contribution in [0.4, 0.5) is 4.39 Å². The number of hydrogen-bond donors (Lipinski definition) is 3. The molecule has 0 atom stereocenters. The van der Waals surface area contributed by atoms with Crippen LogP contribution < -0.4 is 16.8 Å². The molecule has 0 radical (unpaired) electrons. The molecule has 3 aromatic carbocycles. The maximum atomic E-state index is 14.2. The fraction of sp³-hybridized carbons (Fsp3) is 0.0741. The van der Waals surface area contributed by atoms with Crippen molar-refractivity contribution in [1.82, 2.24) is 18.9 Å². The molecule has 0 aliphatic heterocycles. The van der Waals surface area contributed by atoms with Crippen LogP contribution in [0.2, 0.25) is 0 Å². The molecule has 3 heterocycles. The van der Waals surface area contributed by atoms with E-state index in [2.05, 4.69) is 9.97 Å². The molecule has 0 saturated heterocycles. The van der Waals surface area contributed by atoms with Crippen molar-refractivity contribution in [3.05, 3.63) is 115 Å². The van der Waals surface area contributed by atoms with Crippen molar-refractivity contribution in [1.29, 1.82) is 0 Å². The maximum absolute atomic E-state index is 14.2. The lowest BCUT2D eigenvalue weighted by Crippen LogP contribution is -2.34. The van der Waals surface area contributed by atoms with Crippen LogP contribution >= 0.6 is 0 Å². The van der Waals surface area contributed by atoms with E-state index in [4.69, 9.17) is 0 Å². The first-order valence-corrected chi connectivity index (χ1v) is 11.2. The van der Waals surface area contributed by atoms with Crippen LogP contribution in [-0.4, -0.2) is 24.0 Å². The molecule has 6 rings (SSSR count). The van der Waals surface area contributed by atoms with Crippen molar-refractivity contribution < 1.29 is 9.50 Å². The summed E-state index contributed by atoms with van der Waals surface area (Å²) in [6.45, 7) is 1.62. The Hall–Kier alpha value is -4.76. The van der Waals surface area contributed by atoms with E-state index in [1.54, 1.807) is 43.3 Å². The third-order valence-electron chi connectivity index (χ3n) is 6.55. The Labute approximate surface area is 201 Å². The first-order chi connectivity index (χ1) is 17.4. The van der Waals surface area contributed by atoms with Gasteiger partial charge in [0.15, 0.2) is 0 Å². The number of rotatable bonds is 3. The number of aromatic nitrogens is 4. The van der Waals surface area contributed by atoms with E-state index in [0.717, 1.165) is 10.1 Å². The van der Waals surface area contributed by atoms with Gasteiger partial charge in [-0.3, -0.25) is 9.59 Å². The van der Waals surface area contributed by atoms with Gasteiger partial charge in [-0.15, -0.1) is 0 Å². The first-order valence-electron chi connectivity index (χ1n) is 11.2. The van der Waals surface area contributed by atoms with Crippen molar-refractivity contribution >= 4 is 27.5 Å². The van der Waals surface area contributed by atoms with Gasteiger partial charge in [-0.25, -0.2) is 13.8 Å². The van der Waals surface area contributed by atoms with Crippen LogP contribution in [0, 0.1) is 12.7 Å². The lowest BCUT2D eigenvalue weighted by molar-refractivity contribution is 0.282. The SMILES string of the molecule is Cc1c(-c2ccc3c(=O)[nH]c4cc(CO)ccc4n23)cccc1-n1c(=O)[nH]c2c(F)cccc2c1=O. The standard InChI is InChI=1S/C27H19FN4O4/c1-14-16(21-10-11-23-25(34)29-19-12-15(13-33)8-9-22(19)31(21)23)4-3-7-20(14)32-26(35)17-5-2-6-18(28)24(17)30-27(32)36/h2-12,33H,13H2,1H3,(H,29,34)(H,30,36). The number of aliphatic hydroxyl groups is 1. The molecule has 3 N–H and O–H groups in total. The van der Waals surface area contributed by atoms with Gasteiger partial charge in [-0.2, -0.15) is 0 Å². The van der Waals surface area contributed by atoms with E-state index in [9.17, 15) is 23.9 Å². The van der Waals surface area contributed by atoms with Gasteiger partial charge < -0.3 is 19.5 Å². The minimum atomic E-state index is -0.753. The van der Waals surface area contributed by atoms with Crippen molar-refractivity contribution in [2.45, 2.75) is 13.5 Å². The highest BCUT2D eigenvalue weighted by atomic mass is 19.1. The summed E-state index contributed by atoms with van der Waals surface area (Å²) < 4.78 is 17.0. The summed E-state index contributed by atoms with van der Waals surface area (Å²) in [5, 5.41) is 9.56. The molecular weight excluding hydrogens is 463 g/mol. The second-order valence-electron chi connectivity index (χ2n) is 8.59. The molecule has 8 nitrogen and oxygen atoms in total. The third kappa shape index (κ3) is 3.06. The number of para-hydroxylation sites is 1. The lowest BCUT2D eigenvalue weighted by atomic mass is 10.0. The molecule has 9 heteroatoms. The predicted molar refractivity (Wildman–Crippen MR) is 135 cm³/mol. The molecule has 0 bridgehead atoms. The lowest BCUT2D eigenvalue weighted by Gasteiger charge is -2.15. The zero-order chi connectivity index (χ0) is 25.1. The molecule has 0 unspecified atom stereocenters. The highest BCUT2D eigenvalue weighted by Crippen LogP contribution is 2.30. The van der Waals surface area contributed by atoms with Gasteiger partial charge in [0.25, 0.3) is 11.1 Å². The van der Waals surface area contributed by atoms with E-state index in [1.165, 1.54) is 18.2 Å². The van der Waals surface area contributed by atoms with E-state index < -0.39 is 17.1 Å². The van der Waals surface area contributed by atoms with E-state index >= 15 is 0 Å². The van der Waals surface area contributed by atoms with Crippen LogP contribution in [0.5, 0.6) is 0 Å².